The predicted molar refractivity (Wildman–Crippen MR) is 64.2 cm³/mol. The van der Waals surface area contributed by atoms with Crippen LogP contribution >= 0.6 is 0 Å². The molecule has 1 rings (SSSR count). The van der Waals surface area contributed by atoms with E-state index in [9.17, 15) is 4.79 Å². The van der Waals surface area contributed by atoms with Gasteiger partial charge in [0.2, 0.25) is 5.91 Å². The minimum absolute atomic E-state index is 0.190. The Kier molecular flexibility index (Phi) is 5.77. The summed E-state index contributed by atoms with van der Waals surface area (Å²) in [6, 6.07) is 0. The number of aliphatic hydroxyl groups is 1. The number of likely N-dealkylation sites (tertiary alicyclic amines) is 1. The highest BCUT2D eigenvalue weighted by atomic mass is 16.3. The normalized spacial score (nSPS) is 21.5. The minimum atomic E-state index is 0.190. The Morgan fingerprint density at radius 1 is 1.56 bits per heavy atom. The summed E-state index contributed by atoms with van der Waals surface area (Å²) in [6.07, 6.45) is 2.31. The first kappa shape index (κ1) is 13.5. The molecule has 0 aromatic rings. The third kappa shape index (κ3) is 4.10. The first-order valence-electron chi connectivity index (χ1n) is 6.26. The van der Waals surface area contributed by atoms with Gasteiger partial charge in [-0.15, -0.1) is 0 Å². The van der Waals surface area contributed by atoms with Gasteiger partial charge >= 0.3 is 0 Å². The maximum Gasteiger partial charge on any atom is 0.219 e. The van der Waals surface area contributed by atoms with Gasteiger partial charge in [-0.25, -0.2) is 0 Å². The molecule has 94 valence electrons. The van der Waals surface area contributed by atoms with Crippen LogP contribution < -0.4 is 0 Å². The summed E-state index contributed by atoms with van der Waals surface area (Å²) >= 11 is 0. The lowest BCUT2D eigenvalue weighted by atomic mass is 9.97. The van der Waals surface area contributed by atoms with E-state index in [1.165, 1.54) is 6.42 Å². The number of hydrogen-bond acceptors (Lipinski definition) is 3. The number of hydrogen-bond donors (Lipinski definition) is 1. The molecular formula is C12H24N2O2. The van der Waals surface area contributed by atoms with Gasteiger partial charge in [-0.1, -0.05) is 6.92 Å². The number of amides is 1. The van der Waals surface area contributed by atoms with Gasteiger partial charge < -0.3 is 14.9 Å². The molecule has 0 radical (unpaired) electrons. The number of nitrogens with zero attached hydrogens (tertiary/aromatic N) is 2. The Morgan fingerprint density at radius 3 is 2.88 bits per heavy atom. The lowest BCUT2D eigenvalue weighted by Crippen LogP contribution is -2.43. The molecule has 1 fully saturated rings. The van der Waals surface area contributed by atoms with Crippen LogP contribution in [-0.2, 0) is 4.79 Å². The summed E-state index contributed by atoms with van der Waals surface area (Å²) in [6.45, 7) is 8.49. The van der Waals surface area contributed by atoms with Crippen LogP contribution in [0.5, 0.6) is 0 Å². The monoisotopic (exact) mass is 228 g/mol. The van der Waals surface area contributed by atoms with Crippen molar-refractivity contribution < 1.29 is 9.90 Å². The molecule has 0 bridgehead atoms. The van der Waals surface area contributed by atoms with Crippen LogP contribution in [0.15, 0.2) is 0 Å². The molecule has 0 spiro atoms. The molecule has 1 N–H and O–H groups in total. The third-order valence-corrected chi connectivity index (χ3v) is 3.34. The molecule has 0 saturated carbocycles. The molecule has 4 nitrogen and oxygen atoms in total. The second kappa shape index (κ2) is 6.86. The van der Waals surface area contributed by atoms with E-state index in [2.05, 4.69) is 11.8 Å². The molecule has 1 aliphatic rings. The first-order chi connectivity index (χ1) is 7.67. The molecule has 0 unspecified atom stereocenters. The Balaban J connectivity index is 2.38. The molecule has 4 heteroatoms. The fourth-order valence-corrected chi connectivity index (χ4v) is 2.39. The maximum atomic E-state index is 11.3. The van der Waals surface area contributed by atoms with Crippen LogP contribution in [0.1, 0.15) is 26.7 Å². The van der Waals surface area contributed by atoms with Gasteiger partial charge in [0, 0.05) is 33.1 Å². The Labute approximate surface area is 98.2 Å². The summed E-state index contributed by atoms with van der Waals surface area (Å²) in [4.78, 5) is 15.5. The zero-order chi connectivity index (χ0) is 12.0. The van der Waals surface area contributed by atoms with Crippen molar-refractivity contribution in [1.82, 2.24) is 9.80 Å². The highest BCUT2D eigenvalue weighted by Gasteiger charge is 2.22. The summed E-state index contributed by atoms with van der Waals surface area (Å²) < 4.78 is 0. The fourth-order valence-electron chi connectivity index (χ4n) is 2.39. The molecule has 0 aliphatic carbocycles. The van der Waals surface area contributed by atoms with Gasteiger partial charge in [0.05, 0.1) is 6.61 Å². The lowest BCUT2D eigenvalue weighted by Gasteiger charge is -2.34. The molecule has 0 aromatic heterocycles. The van der Waals surface area contributed by atoms with Crippen LogP contribution in [-0.4, -0.2) is 60.1 Å². The van der Waals surface area contributed by atoms with Crippen LogP contribution in [0.2, 0.25) is 0 Å². The Morgan fingerprint density at radius 2 is 2.31 bits per heavy atom. The molecule has 1 saturated heterocycles. The SMILES string of the molecule is CCN(CCO)C[C@H]1CCCN(C(C)=O)C1. The molecule has 0 aromatic carbocycles. The van der Waals surface area contributed by atoms with E-state index < -0.39 is 0 Å². The number of likely N-dealkylation sites (N-methyl/N-ethyl adjacent to an activating group) is 1. The molecule has 16 heavy (non-hydrogen) atoms. The van der Waals surface area contributed by atoms with Gasteiger partial charge in [0.1, 0.15) is 0 Å². The van der Waals surface area contributed by atoms with Crippen molar-refractivity contribution in [2.24, 2.45) is 5.92 Å². The van der Waals surface area contributed by atoms with Crippen LogP contribution in [0.25, 0.3) is 0 Å². The van der Waals surface area contributed by atoms with E-state index in [0.29, 0.717) is 5.92 Å². The van der Waals surface area contributed by atoms with Crippen molar-refractivity contribution in [2.45, 2.75) is 26.7 Å². The molecule has 1 heterocycles. The average molecular weight is 228 g/mol. The van der Waals surface area contributed by atoms with E-state index in [4.69, 9.17) is 5.11 Å². The smallest absolute Gasteiger partial charge is 0.219 e. The topological polar surface area (TPSA) is 43.8 Å². The average Bonchev–Trinajstić information content (AvgIpc) is 2.29. The Hall–Kier alpha value is -0.610. The Bertz CT molecular complexity index is 221. The van der Waals surface area contributed by atoms with Gasteiger partial charge in [0.25, 0.3) is 0 Å². The molecular weight excluding hydrogens is 204 g/mol. The van der Waals surface area contributed by atoms with Gasteiger partial charge in [-0.05, 0) is 25.3 Å². The van der Waals surface area contributed by atoms with Gasteiger partial charge in [-0.2, -0.15) is 0 Å². The molecule has 1 aliphatic heterocycles. The highest BCUT2D eigenvalue weighted by Crippen LogP contribution is 2.17. The zero-order valence-electron chi connectivity index (χ0n) is 10.5. The fraction of sp³-hybridized carbons (Fsp3) is 0.917. The maximum absolute atomic E-state index is 11.3. The van der Waals surface area contributed by atoms with Crippen LogP contribution in [0.3, 0.4) is 0 Å². The quantitative estimate of drug-likeness (QED) is 0.748. The summed E-state index contributed by atoms with van der Waals surface area (Å²) in [7, 11) is 0. The van der Waals surface area contributed by atoms with Crippen molar-refractivity contribution in [3.8, 4) is 0 Å². The van der Waals surface area contributed by atoms with E-state index in [1.54, 1.807) is 6.92 Å². The standard InChI is InChI=1S/C12H24N2O2/c1-3-13(7-8-15)9-12-5-4-6-14(10-12)11(2)16/h12,15H,3-10H2,1-2H3/t12-/m1/s1. The predicted octanol–water partition coefficient (Wildman–Crippen LogP) is 0.559. The van der Waals surface area contributed by atoms with Crippen molar-refractivity contribution in [2.75, 3.05) is 39.3 Å². The third-order valence-electron chi connectivity index (χ3n) is 3.34. The van der Waals surface area contributed by atoms with Crippen molar-refractivity contribution in [3.05, 3.63) is 0 Å². The largest absolute Gasteiger partial charge is 0.395 e. The molecule has 1 amide bonds. The summed E-state index contributed by atoms with van der Waals surface area (Å²) in [5, 5.41) is 8.93. The van der Waals surface area contributed by atoms with Crippen molar-refractivity contribution >= 4 is 5.91 Å². The summed E-state index contributed by atoms with van der Waals surface area (Å²) in [5.74, 6) is 0.763. The van der Waals surface area contributed by atoms with Crippen LogP contribution in [0.4, 0.5) is 0 Å². The number of carbonyl (C=O) groups excluding carboxylic acids is 1. The summed E-state index contributed by atoms with van der Waals surface area (Å²) in [5.41, 5.74) is 0. The number of rotatable bonds is 5. The number of piperidine rings is 1. The first-order valence-corrected chi connectivity index (χ1v) is 6.26. The lowest BCUT2D eigenvalue weighted by molar-refractivity contribution is -0.130. The zero-order valence-corrected chi connectivity index (χ0v) is 10.5. The van der Waals surface area contributed by atoms with E-state index in [1.807, 2.05) is 4.90 Å². The molecule has 1 atom stereocenters. The van der Waals surface area contributed by atoms with Gasteiger partial charge in [0.15, 0.2) is 0 Å². The van der Waals surface area contributed by atoms with E-state index in [0.717, 1.165) is 39.1 Å². The minimum Gasteiger partial charge on any atom is -0.395 e. The van der Waals surface area contributed by atoms with Crippen molar-refractivity contribution in [1.29, 1.82) is 0 Å². The number of carbonyl (C=O) groups is 1. The second-order valence-corrected chi connectivity index (χ2v) is 4.59. The second-order valence-electron chi connectivity index (χ2n) is 4.59. The number of aliphatic hydroxyl groups excluding tert-OH is 1. The van der Waals surface area contributed by atoms with E-state index in [-0.39, 0.29) is 12.5 Å². The highest BCUT2D eigenvalue weighted by molar-refractivity contribution is 5.73. The van der Waals surface area contributed by atoms with Gasteiger partial charge in [-0.3, -0.25) is 4.79 Å². The van der Waals surface area contributed by atoms with Crippen molar-refractivity contribution in [3.63, 3.8) is 0 Å². The van der Waals surface area contributed by atoms with E-state index >= 15 is 0 Å². The van der Waals surface area contributed by atoms with Crippen LogP contribution in [0, 0.1) is 5.92 Å².